The quantitative estimate of drug-likeness (QED) is 0.792. The van der Waals surface area contributed by atoms with Gasteiger partial charge >= 0.3 is 0 Å². The molecule has 0 radical (unpaired) electrons. The van der Waals surface area contributed by atoms with E-state index in [1.54, 1.807) is 18.0 Å². The van der Waals surface area contributed by atoms with Crippen LogP contribution < -0.4 is 5.32 Å². The van der Waals surface area contributed by atoms with Crippen LogP contribution in [0.2, 0.25) is 0 Å². The molecule has 0 aromatic carbocycles. The molecular weight excluding hydrogens is 206 g/mol. The molecule has 0 spiro atoms. The van der Waals surface area contributed by atoms with Gasteiger partial charge in [-0.3, -0.25) is 9.98 Å². The zero-order chi connectivity index (χ0) is 10.7. The largest absolute Gasteiger partial charge is 0.333 e. The topological polar surface area (TPSA) is 37.3 Å². The fraction of sp³-hybridized carbons (Fsp3) is 0.455. The van der Waals surface area contributed by atoms with E-state index in [-0.39, 0.29) is 0 Å². The summed E-state index contributed by atoms with van der Waals surface area (Å²) in [7, 11) is 0. The number of rotatable bonds is 1. The Morgan fingerprint density at radius 2 is 2.40 bits per heavy atom. The zero-order valence-corrected chi connectivity index (χ0v) is 9.84. The van der Waals surface area contributed by atoms with Crippen LogP contribution in [0.25, 0.3) is 0 Å². The molecule has 1 N–H and O–H groups in total. The number of aliphatic imine (C=N–C) groups is 1. The van der Waals surface area contributed by atoms with Crippen molar-refractivity contribution in [2.75, 3.05) is 11.1 Å². The third-order valence-electron chi connectivity index (χ3n) is 2.36. The minimum absolute atomic E-state index is 0.436. The molecule has 2 rings (SSSR count). The Bertz CT molecular complexity index is 376. The van der Waals surface area contributed by atoms with Crippen molar-refractivity contribution < 1.29 is 0 Å². The Hall–Kier alpha value is -1.03. The zero-order valence-electron chi connectivity index (χ0n) is 9.03. The average molecular weight is 221 g/mol. The van der Waals surface area contributed by atoms with E-state index in [1.165, 1.54) is 6.42 Å². The van der Waals surface area contributed by atoms with Gasteiger partial charge in [-0.2, -0.15) is 0 Å². The molecule has 3 nitrogen and oxygen atoms in total. The van der Waals surface area contributed by atoms with Crippen LogP contribution in [-0.2, 0) is 0 Å². The molecule has 0 fully saturated rings. The second-order valence-electron chi connectivity index (χ2n) is 3.68. The predicted octanol–water partition coefficient (Wildman–Crippen LogP) is 2.68. The Morgan fingerprint density at radius 1 is 1.53 bits per heavy atom. The summed E-state index contributed by atoms with van der Waals surface area (Å²) in [5.74, 6) is 1.15. The van der Waals surface area contributed by atoms with Crippen molar-refractivity contribution in [1.29, 1.82) is 0 Å². The van der Waals surface area contributed by atoms with E-state index in [0.717, 1.165) is 22.3 Å². The molecule has 80 valence electrons. The van der Waals surface area contributed by atoms with Crippen LogP contribution >= 0.6 is 11.8 Å². The molecule has 15 heavy (non-hydrogen) atoms. The number of nitrogens with zero attached hydrogens (tertiary/aromatic N) is 2. The van der Waals surface area contributed by atoms with Crippen molar-refractivity contribution in [3.63, 3.8) is 0 Å². The summed E-state index contributed by atoms with van der Waals surface area (Å²) in [6.07, 6.45) is 2.97. The fourth-order valence-electron chi connectivity index (χ4n) is 1.43. The molecule has 0 bridgehead atoms. The highest BCUT2D eigenvalue weighted by molar-refractivity contribution is 8.14. The van der Waals surface area contributed by atoms with Crippen LogP contribution in [-0.4, -0.2) is 21.9 Å². The lowest BCUT2D eigenvalue weighted by molar-refractivity contribution is 0.720. The summed E-state index contributed by atoms with van der Waals surface area (Å²) in [6, 6.07) is 4.41. The van der Waals surface area contributed by atoms with E-state index in [2.05, 4.69) is 22.2 Å². The number of amidine groups is 1. The molecule has 0 amide bonds. The number of hydrogen-bond acceptors (Lipinski definition) is 4. The second-order valence-corrected chi connectivity index (χ2v) is 4.77. The fourth-order valence-corrected chi connectivity index (χ4v) is 2.52. The van der Waals surface area contributed by atoms with E-state index >= 15 is 0 Å². The van der Waals surface area contributed by atoms with Gasteiger partial charge in [0.2, 0.25) is 0 Å². The SMILES string of the molecule is Cc1ncccc1NC1=NC(C)CCS1. The van der Waals surface area contributed by atoms with Gasteiger partial charge in [0.05, 0.1) is 17.4 Å². The van der Waals surface area contributed by atoms with Gasteiger partial charge in [-0.1, -0.05) is 11.8 Å². The summed E-state index contributed by atoms with van der Waals surface area (Å²) in [4.78, 5) is 8.80. The molecule has 1 aromatic heterocycles. The molecule has 2 heterocycles. The molecule has 0 saturated carbocycles. The maximum atomic E-state index is 4.56. The van der Waals surface area contributed by atoms with Crippen LogP contribution in [0.1, 0.15) is 19.0 Å². The molecule has 0 saturated heterocycles. The summed E-state index contributed by atoms with van der Waals surface area (Å²) in [6.45, 7) is 4.15. The lowest BCUT2D eigenvalue weighted by Gasteiger charge is -2.18. The number of pyridine rings is 1. The highest BCUT2D eigenvalue weighted by Gasteiger charge is 2.12. The van der Waals surface area contributed by atoms with Crippen LogP contribution in [0.4, 0.5) is 5.69 Å². The smallest absolute Gasteiger partial charge is 0.161 e. The molecule has 1 aliphatic rings. The highest BCUT2D eigenvalue weighted by Crippen LogP contribution is 2.20. The van der Waals surface area contributed by atoms with E-state index in [4.69, 9.17) is 0 Å². The minimum Gasteiger partial charge on any atom is -0.333 e. The van der Waals surface area contributed by atoms with Crippen molar-refractivity contribution in [3.8, 4) is 0 Å². The maximum absolute atomic E-state index is 4.56. The molecule has 1 aromatic rings. The average Bonchev–Trinajstić information content (AvgIpc) is 2.22. The van der Waals surface area contributed by atoms with Crippen molar-refractivity contribution in [3.05, 3.63) is 24.0 Å². The second kappa shape index (κ2) is 4.66. The molecule has 4 heteroatoms. The number of aryl methyl sites for hydroxylation is 1. The monoisotopic (exact) mass is 221 g/mol. The number of aromatic nitrogens is 1. The Labute approximate surface area is 94.4 Å². The summed E-state index contributed by atoms with van der Waals surface area (Å²) < 4.78 is 0. The lowest BCUT2D eigenvalue weighted by atomic mass is 10.3. The van der Waals surface area contributed by atoms with Gasteiger partial charge in [-0.15, -0.1) is 0 Å². The van der Waals surface area contributed by atoms with E-state index in [0.29, 0.717) is 6.04 Å². The Kier molecular flexibility index (Phi) is 3.26. The van der Waals surface area contributed by atoms with Crippen LogP contribution in [0.5, 0.6) is 0 Å². The first-order valence-electron chi connectivity index (χ1n) is 5.15. The molecule has 1 aliphatic heterocycles. The third kappa shape index (κ3) is 2.72. The lowest BCUT2D eigenvalue weighted by Crippen LogP contribution is -2.18. The van der Waals surface area contributed by atoms with Crippen LogP contribution in [0.15, 0.2) is 23.3 Å². The Morgan fingerprint density at radius 3 is 3.13 bits per heavy atom. The van der Waals surface area contributed by atoms with Gasteiger partial charge in [0, 0.05) is 11.9 Å². The first kappa shape index (κ1) is 10.5. The first-order valence-corrected chi connectivity index (χ1v) is 6.13. The number of hydrogen-bond donors (Lipinski definition) is 1. The molecular formula is C11H15N3S. The van der Waals surface area contributed by atoms with Crippen molar-refractivity contribution in [2.45, 2.75) is 26.3 Å². The van der Waals surface area contributed by atoms with E-state index in [1.807, 2.05) is 19.1 Å². The Balaban J connectivity index is 2.12. The summed E-state index contributed by atoms with van der Waals surface area (Å²) in [5.41, 5.74) is 2.07. The standard InChI is InChI=1S/C11H15N3S/c1-8-5-7-15-11(13-8)14-10-4-3-6-12-9(10)2/h3-4,6,8H,5,7H2,1-2H3,(H,13,14). The van der Waals surface area contributed by atoms with Crippen LogP contribution in [0, 0.1) is 6.92 Å². The van der Waals surface area contributed by atoms with Gasteiger partial charge in [-0.05, 0) is 32.4 Å². The molecule has 1 atom stereocenters. The van der Waals surface area contributed by atoms with Crippen molar-refractivity contribution >= 4 is 22.6 Å². The van der Waals surface area contributed by atoms with Crippen molar-refractivity contribution in [1.82, 2.24) is 4.98 Å². The summed E-state index contributed by atoms with van der Waals surface area (Å²) >= 11 is 1.78. The normalized spacial score (nSPS) is 20.9. The van der Waals surface area contributed by atoms with Gasteiger partial charge in [-0.25, -0.2) is 0 Å². The predicted molar refractivity (Wildman–Crippen MR) is 66.6 cm³/mol. The number of anilines is 1. The molecule has 0 aliphatic carbocycles. The van der Waals surface area contributed by atoms with Gasteiger partial charge in [0.25, 0.3) is 0 Å². The van der Waals surface area contributed by atoms with Gasteiger partial charge in [0.15, 0.2) is 5.17 Å². The van der Waals surface area contributed by atoms with Gasteiger partial charge in [0.1, 0.15) is 0 Å². The van der Waals surface area contributed by atoms with Crippen LogP contribution in [0.3, 0.4) is 0 Å². The first-order chi connectivity index (χ1) is 7.25. The minimum atomic E-state index is 0.436. The van der Waals surface area contributed by atoms with E-state index < -0.39 is 0 Å². The molecule has 1 unspecified atom stereocenters. The summed E-state index contributed by atoms with van der Waals surface area (Å²) in [5, 5.41) is 4.35. The maximum Gasteiger partial charge on any atom is 0.161 e. The number of nitrogens with one attached hydrogen (secondary N) is 1. The highest BCUT2D eigenvalue weighted by atomic mass is 32.2. The van der Waals surface area contributed by atoms with E-state index in [9.17, 15) is 0 Å². The van der Waals surface area contributed by atoms with Crippen molar-refractivity contribution in [2.24, 2.45) is 4.99 Å². The van der Waals surface area contributed by atoms with Gasteiger partial charge < -0.3 is 5.32 Å². The number of thioether (sulfide) groups is 1. The third-order valence-corrected chi connectivity index (χ3v) is 3.28.